The zero-order valence-corrected chi connectivity index (χ0v) is 20.7. The summed E-state index contributed by atoms with van der Waals surface area (Å²) in [6, 6.07) is 0.909. The molecule has 3 atom stereocenters. The van der Waals surface area contributed by atoms with E-state index in [0.717, 1.165) is 78.2 Å². The highest BCUT2D eigenvalue weighted by Gasteiger charge is 2.33. The first-order chi connectivity index (χ1) is 15.8. The monoisotopic (exact) mass is 462 g/mol. The van der Waals surface area contributed by atoms with Gasteiger partial charge in [-0.1, -0.05) is 0 Å². The van der Waals surface area contributed by atoms with Crippen LogP contribution in [-0.2, 0) is 14.4 Å². The Balaban J connectivity index is 1.40. The van der Waals surface area contributed by atoms with Gasteiger partial charge in [0.15, 0.2) is 0 Å². The molecule has 4 rings (SSSR count). The Hall–Kier alpha value is -1.71. The second-order valence-corrected chi connectivity index (χ2v) is 10.5. The first-order valence-electron chi connectivity index (χ1n) is 12.8. The minimum Gasteiger partial charge on any atom is -0.341 e. The molecule has 4 aliphatic rings. The minimum atomic E-state index is 0.260. The van der Waals surface area contributed by atoms with Gasteiger partial charge in [-0.3, -0.25) is 29.1 Å². The molecule has 0 spiro atoms. The summed E-state index contributed by atoms with van der Waals surface area (Å²) in [5.74, 6) is 0.779. The number of likely N-dealkylation sites (N-methyl/N-ethyl adjacent to an activating group) is 3. The van der Waals surface area contributed by atoms with Crippen LogP contribution in [0.4, 0.5) is 0 Å². The summed E-state index contributed by atoms with van der Waals surface area (Å²) in [6.07, 6.45) is 4.84. The van der Waals surface area contributed by atoms with Gasteiger partial charge in [0.1, 0.15) is 0 Å². The molecule has 3 unspecified atom stereocenters. The number of likely N-dealkylation sites (tertiary alicyclic amines) is 3. The third-order valence-electron chi connectivity index (χ3n) is 8.50. The van der Waals surface area contributed by atoms with E-state index in [1.54, 1.807) is 0 Å². The molecule has 0 N–H and O–H groups in total. The lowest BCUT2D eigenvalue weighted by Gasteiger charge is -2.32. The molecule has 4 fully saturated rings. The second-order valence-electron chi connectivity index (χ2n) is 10.5. The largest absolute Gasteiger partial charge is 0.341 e. The maximum absolute atomic E-state index is 12.0. The predicted molar refractivity (Wildman–Crippen MR) is 127 cm³/mol. The summed E-state index contributed by atoms with van der Waals surface area (Å²) < 4.78 is 0. The summed E-state index contributed by atoms with van der Waals surface area (Å²) in [6.45, 7) is 8.68. The van der Waals surface area contributed by atoms with Gasteiger partial charge < -0.3 is 14.7 Å². The summed E-state index contributed by atoms with van der Waals surface area (Å²) in [5, 5.41) is 0. The Morgan fingerprint density at radius 1 is 0.515 bits per heavy atom. The zero-order chi connectivity index (χ0) is 23.5. The summed E-state index contributed by atoms with van der Waals surface area (Å²) in [5.41, 5.74) is 0. The lowest BCUT2D eigenvalue weighted by molar-refractivity contribution is -0.128. The second kappa shape index (κ2) is 10.7. The molecule has 186 valence electrons. The fraction of sp³-hybridized carbons (Fsp3) is 0.875. The molecular weight excluding hydrogens is 420 g/mol. The molecule has 3 amide bonds. The maximum atomic E-state index is 12.0. The molecule has 0 aromatic heterocycles. The van der Waals surface area contributed by atoms with Gasteiger partial charge in [0.25, 0.3) is 0 Å². The lowest BCUT2D eigenvalue weighted by Crippen LogP contribution is -2.45. The van der Waals surface area contributed by atoms with Gasteiger partial charge in [-0.15, -0.1) is 0 Å². The average Bonchev–Trinajstić information content (AvgIpc) is 3.42. The third kappa shape index (κ3) is 5.87. The van der Waals surface area contributed by atoms with Crippen molar-refractivity contribution in [2.24, 2.45) is 0 Å². The van der Waals surface area contributed by atoms with Crippen LogP contribution in [0.15, 0.2) is 0 Å². The number of hydrogen-bond acceptors (Lipinski definition) is 6. The molecule has 0 aromatic rings. The van der Waals surface area contributed by atoms with E-state index in [9.17, 15) is 14.4 Å². The first-order valence-corrected chi connectivity index (χ1v) is 12.8. The molecule has 0 bridgehead atoms. The van der Waals surface area contributed by atoms with Gasteiger partial charge in [0.05, 0.1) is 0 Å². The van der Waals surface area contributed by atoms with Crippen molar-refractivity contribution < 1.29 is 14.4 Å². The van der Waals surface area contributed by atoms with Crippen LogP contribution < -0.4 is 0 Å². The highest BCUT2D eigenvalue weighted by molar-refractivity contribution is 5.79. The van der Waals surface area contributed by atoms with Crippen LogP contribution in [0.25, 0.3) is 0 Å². The van der Waals surface area contributed by atoms with Crippen molar-refractivity contribution in [3.63, 3.8) is 0 Å². The van der Waals surface area contributed by atoms with E-state index < -0.39 is 0 Å². The molecule has 0 saturated carbocycles. The van der Waals surface area contributed by atoms with Crippen molar-refractivity contribution in [1.29, 1.82) is 0 Å². The number of carbonyl (C=O) groups is 3. The van der Waals surface area contributed by atoms with Crippen molar-refractivity contribution in [1.82, 2.24) is 29.4 Å². The van der Waals surface area contributed by atoms with E-state index >= 15 is 0 Å². The topological polar surface area (TPSA) is 70.7 Å². The van der Waals surface area contributed by atoms with Crippen molar-refractivity contribution in [3.8, 4) is 0 Å². The number of carbonyl (C=O) groups excluding carboxylic acids is 3. The molecule has 9 heteroatoms. The molecule has 9 nitrogen and oxygen atoms in total. The van der Waals surface area contributed by atoms with E-state index in [1.165, 1.54) is 0 Å². The van der Waals surface area contributed by atoms with E-state index in [1.807, 2.05) is 35.8 Å². The zero-order valence-electron chi connectivity index (χ0n) is 20.7. The van der Waals surface area contributed by atoms with Crippen molar-refractivity contribution in [2.75, 3.05) is 80.0 Å². The van der Waals surface area contributed by atoms with Gasteiger partial charge >= 0.3 is 0 Å². The van der Waals surface area contributed by atoms with Gasteiger partial charge in [0.2, 0.25) is 17.7 Å². The highest BCUT2D eigenvalue weighted by Crippen LogP contribution is 2.21. The molecule has 4 saturated heterocycles. The van der Waals surface area contributed by atoms with Crippen LogP contribution in [0.2, 0.25) is 0 Å². The Bertz CT molecular complexity index is 626. The molecule has 4 aliphatic heterocycles. The standard InChI is InChI=1S/C24H42N6O3/c1-25-19(4-7-22(25)31)16-28-10-12-29(17-20-5-8-23(32)26(20)2)14-15-30(13-11-28)18-21-6-9-24(33)27(21)3/h19-21H,4-18H2,1-3H3. The molecule has 0 aliphatic carbocycles. The van der Waals surface area contributed by atoms with Gasteiger partial charge in [0, 0.05) is 117 Å². The summed E-state index contributed by atoms with van der Waals surface area (Å²) in [7, 11) is 5.82. The third-order valence-corrected chi connectivity index (χ3v) is 8.50. The molecule has 0 aromatic carbocycles. The predicted octanol–water partition coefficient (Wildman–Crippen LogP) is -0.232. The Labute approximate surface area is 198 Å². The minimum absolute atomic E-state index is 0.260. The van der Waals surface area contributed by atoms with Crippen LogP contribution in [0.3, 0.4) is 0 Å². The van der Waals surface area contributed by atoms with E-state index in [4.69, 9.17) is 0 Å². The van der Waals surface area contributed by atoms with Crippen LogP contribution in [0.5, 0.6) is 0 Å². The fourth-order valence-corrected chi connectivity index (χ4v) is 5.86. The number of amides is 3. The van der Waals surface area contributed by atoms with E-state index in [-0.39, 0.29) is 17.7 Å². The van der Waals surface area contributed by atoms with E-state index in [0.29, 0.717) is 37.4 Å². The lowest BCUT2D eigenvalue weighted by atomic mass is 10.2. The van der Waals surface area contributed by atoms with Crippen molar-refractivity contribution >= 4 is 17.7 Å². The smallest absolute Gasteiger partial charge is 0.222 e. The fourth-order valence-electron chi connectivity index (χ4n) is 5.86. The van der Waals surface area contributed by atoms with E-state index in [2.05, 4.69) is 14.7 Å². The Morgan fingerprint density at radius 3 is 0.939 bits per heavy atom. The van der Waals surface area contributed by atoms with Crippen molar-refractivity contribution in [2.45, 2.75) is 56.7 Å². The van der Waals surface area contributed by atoms with Gasteiger partial charge in [-0.2, -0.15) is 0 Å². The van der Waals surface area contributed by atoms with Crippen LogP contribution in [0.1, 0.15) is 38.5 Å². The van der Waals surface area contributed by atoms with Gasteiger partial charge in [-0.05, 0) is 19.3 Å². The SMILES string of the molecule is CN1C(=O)CCC1CN1CCN(CC2CCC(=O)N2C)CCN(CC2CCC(=O)N2C)CC1. The van der Waals surface area contributed by atoms with Crippen LogP contribution in [0, 0.1) is 0 Å². The van der Waals surface area contributed by atoms with Crippen LogP contribution >= 0.6 is 0 Å². The van der Waals surface area contributed by atoms with Crippen molar-refractivity contribution in [3.05, 3.63) is 0 Å². The first kappa shape index (κ1) is 24.4. The molecular formula is C24H42N6O3. The Morgan fingerprint density at radius 2 is 0.758 bits per heavy atom. The number of hydrogen-bond donors (Lipinski definition) is 0. The molecule has 0 radical (unpaired) electrons. The summed E-state index contributed by atoms with van der Waals surface area (Å²) >= 11 is 0. The quantitative estimate of drug-likeness (QED) is 0.543. The Kier molecular flexibility index (Phi) is 7.91. The van der Waals surface area contributed by atoms with Crippen LogP contribution in [-0.4, -0.2) is 145 Å². The van der Waals surface area contributed by atoms with Gasteiger partial charge in [-0.25, -0.2) is 0 Å². The summed E-state index contributed by atoms with van der Waals surface area (Å²) in [4.78, 5) is 49.5. The molecule has 4 heterocycles. The number of nitrogens with zero attached hydrogens (tertiary/aromatic N) is 6. The highest BCUT2D eigenvalue weighted by atomic mass is 16.2. The number of rotatable bonds is 6. The normalized spacial score (nSPS) is 31.5. The maximum Gasteiger partial charge on any atom is 0.222 e. The molecule has 33 heavy (non-hydrogen) atoms. The average molecular weight is 463 g/mol.